The van der Waals surface area contributed by atoms with Crippen LogP contribution in [0.3, 0.4) is 0 Å². The number of nitrogens with two attached hydrogens (primary N) is 1. The lowest BCUT2D eigenvalue weighted by Crippen LogP contribution is -2.39. The van der Waals surface area contributed by atoms with Crippen molar-refractivity contribution in [1.82, 2.24) is 4.98 Å². The van der Waals surface area contributed by atoms with E-state index in [9.17, 15) is 5.11 Å². The number of aliphatic hydroxyl groups excluding tert-OH is 1. The van der Waals surface area contributed by atoms with Crippen LogP contribution >= 0.6 is 0 Å². The van der Waals surface area contributed by atoms with Gasteiger partial charge in [-0.05, 0) is 25.0 Å². The van der Waals surface area contributed by atoms with Crippen LogP contribution < -0.4 is 10.6 Å². The van der Waals surface area contributed by atoms with Gasteiger partial charge >= 0.3 is 0 Å². The number of hydrogen-bond acceptors (Lipinski definition) is 5. The van der Waals surface area contributed by atoms with E-state index in [0.29, 0.717) is 18.2 Å². The highest BCUT2D eigenvalue weighted by Crippen LogP contribution is 2.26. The Balaban J connectivity index is 2.24. The Morgan fingerprint density at radius 1 is 1.40 bits per heavy atom. The van der Waals surface area contributed by atoms with Crippen LogP contribution in [0.25, 0.3) is 0 Å². The maximum Gasteiger partial charge on any atom is 0.170 e. The van der Waals surface area contributed by atoms with Crippen LogP contribution in [0.15, 0.2) is 23.5 Å². The van der Waals surface area contributed by atoms with Crippen LogP contribution in [0, 0.1) is 0 Å². The molecule has 0 aromatic carbocycles. The lowest BCUT2D eigenvalue weighted by atomic mass is 9.94. The molecule has 20 heavy (non-hydrogen) atoms. The first-order valence-electron chi connectivity index (χ1n) is 7.07. The van der Waals surface area contributed by atoms with Crippen LogP contribution in [0.4, 0.5) is 5.82 Å². The molecular weight excluding hydrogens is 256 g/mol. The molecule has 2 rings (SSSR count). The standard InChI is InChI=1S/C14H22N4O2/c15-14(17-20)11-6-7-16-13(10-11)18(8-9-19)12-4-2-1-3-5-12/h6-7,10,12,19-20H,1-5,8-9H2,(H2,15,17). The first-order chi connectivity index (χ1) is 9.76. The van der Waals surface area contributed by atoms with Gasteiger partial charge in [0.2, 0.25) is 0 Å². The summed E-state index contributed by atoms with van der Waals surface area (Å²) in [5, 5.41) is 21.1. The average Bonchev–Trinajstić information content (AvgIpc) is 2.52. The Hall–Kier alpha value is -1.82. The highest BCUT2D eigenvalue weighted by Gasteiger charge is 2.22. The molecule has 6 heteroatoms. The lowest BCUT2D eigenvalue weighted by Gasteiger charge is -2.35. The maximum absolute atomic E-state index is 9.30. The van der Waals surface area contributed by atoms with Gasteiger partial charge in [0.05, 0.1) is 6.61 Å². The van der Waals surface area contributed by atoms with Crippen LogP contribution in [0.2, 0.25) is 0 Å². The van der Waals surface area contributed by atoms with E-state index in [1.54, 1.807) is 18.3 Å². The van der Waals surface area contributed by atoms with Crippen molar-refractivity contribution in [3.05, 3.63) is 23.9 Å². The molecule has 0 spiro atoms. The first kappa shape index (κ1) is 14.6. The topological polar surface area (TPSA) is 95.0 Å². The molecule has 1 aliphatic carbocycles. The summed E-state index contributed by atoms with van der Waals surface area (Å²) in [5.41, 5.74) is 6.26. The third kappa shape index (κ3) is 3.39. The van der Waals surface area contributed by atoms with Gasteiger partial charge in [-0.1, -0.05) is 24.4 Å². The summed E-state index contributed by atoms with van der Waals surface area (Å²) in [6.45, 7) is 0.642. The van der Waals surface area contributed by atoms with Gasteiger partial charge in [-0.15, -0.1) is 0 Å². The van der Waals surface area contributed by atoms with E-state index in [0.717, 1.165) is 18.7 Å². The Bertz CT molecular complexity index is 458. The quantitative estimate of drug-likeness (QED) is 0.327. The van der Waals surface area contributed by atoms with E-state index in [-0.39, 0.29) is 12.4 Å². The van der Waals surface area contributed by atoms with Crippen molar-refractivity contribution < 1.29 is 10.3 Å². The van der Waals surface area contributed by atoms with Crippen molar-refractivity contribution in [3.63, 3.8) is 0 Å². The molecule has 0 bridgehead atoms. The summed E-state index contributed by atoms with van der Waals surface area (Å²) in [6.07, 6.45) is 7.60. The van der Waals surface area contributed by atoms with Crippen molar-refractivity contribution in [2.24, 2.45) is 10.9 Å². The smallest absolute Gasteiger partial charge is 0.170 e. The van der Waals surface area contributed by atoms with Crippen LogP contribution in [-0.4, -0.2) is 40.3 Å². The molecule has 110 valence electrons. The molecule has 4 N–H and O–H groups in total. The largest absolute Gasteiger partial charge is 0.409 e. The number of pyridine rings is 1. The highest BCUT2D eigenvalue weighted by molar-refractivity contribution is 5.97. The zero-order valence-electron chi connectivity index (χ0n) is 11.6. The number of aromatic nitrogens is 1. The zero-order valence-corrected chi connectivity index (χ0v) is 11.6. The number of aliphatic hydroxyl groups is 1. The van der Waals surface area contributed by atoms with Crippen molar-refractivity contribution in [3.8, 4) is 0 Å². The normalized spacial score (nSPS) is 17.1. The summed E-state index contributed by atoms with van der Waals surface area (Å²) in [4.78, 5) is 6.51. The predicted molar refractivity (Wildman–Crippen MR) is 78.1 cm³/mol. The van der Waals surface area contributed by atoms with Gasteiger partial charge < -0.3 is 20.9 Å². The van der Waals surface area contributed by atoms with Crippen LogP contribution in [-0.2, 0) is 0 Å². The van der Waals surface area contributed by atoms with E-state index in [4.69, 9.17) is 10.9 Å². The molecule has 1 saturated carbocycles. The molecular formula is C14H22N4O2. The van der Waals surface area contributed by atoms with Gasteiger partial charge in [-0.2, -0.15) is 0 Å². The van der Waals surface area contributed by atoms with E-state index >= 15 is 0 Å². The Kier molecular flexibility index (Phi) is 5.17. The minimum Gasteiger partial charge on any atom is -0.409 e. The van der Waals surface area contributed by atoms with E-state index < -0.39 is 0 Å². The van der Waals surface area contributed by atoms with Gasteiger partial charge in [-0.25, -0.2) is 4.98 Å². The average molecular weight is 278 g/mol. The molecule has 1 aliphatic rings. The number of amidine groups is 1. The van der Waals surface area contributed by atoms with Gasteiger partial charge in [0, 0.05) is 24.3 Å². The van der Waals surface area contributed by atoms with E-state index in [1.165, 1.54) is 19.3 Å². The molecule has 0 amide bonds. The van der Waals surface area contributed by atoms with Crippen molar-refractivity contribution in [2.45, 2.75) is 38.1 Å². The summed E-state index contributed by atoms with van der Waals surface area (Å²) in [7, 11) is 0. The molecule has 0 unspecified atom stereocenters. The van der Waals surface area contributed by atoms with Crippen LogP contribution in [0.5, 0.6) is 0 Å². The molecule has 0 saturated heterocycles. The number of hydrogen-bond donors (Lipinski definition) is 3. The number of anilines is 1. The number of oxime groups is 1. The second kappa shape index (κ2) is 7.09. The number of rotatable bonds is 5. The fraction of sp³-hybridized carbons (Fsp3) is 0.571. The summed E-state index contributed by atoms with van der Waals surface area (Å²) >= 11 is 0. The molecule has 1 aromatic rings. The fourth-order valence-electron chi connectivity index (χ4n) is 2.78. The van der Waals surface area contributed by atoms with Crippen molar-refractivity contribution in [1.29, 1.82) is 0 Å². The number of nitrogens with zero attached hydrogens (tertiary/aromatic N) is 3. The molecule has 0 radical (unpaired) electrons. The molecule has 0 aliphatic heterocycles. The van der Waals surface area contributed by atoms with Gasteiger partial charge in [-0.3, -0.25) is 0 Å². The van der Waals surface area contributed by atoms with Crippen LogP contribution in [0.1, 0.15) is 37.7 Å². The van der Waals surface area contributed by atoms with Gasteiger partial charge in [0.15, 0.2) is 5.84 Å². The molecule has 1 fully saturated rings. The Labute approximate surface area is 118 Å². The minimum absolute atomic E-state index is 0.0706. The highest BCUT2D eigenvalue weighted by atomic mass is 16.4. The first-order valence-corrected chi connectivity index (χ1v) is 7.07. The molecule has 6 nitrogen and oxygen atoms in total. The maximum atomic E-state index is 9.30. The second-order valence-corrected chi connectivity index (χ2v) is 5.10. The Morgan fingerprint density at radius 2 is 2.15 bits per heavy atom. The summed E-state index contributed by atoms with van der Waals surface area (Å²) in [5.74, 6) is 0.844. The summed E-state index contributed by atoms with van der Waals surface area (Å²) in [6, 6.07) is 3.92. The van der Waals surface area contributed by atoms with Gasteiger partial charge in [0.25, 0.3) is 0 Å². The van der Waals surface area contributed by atoms with E-state index in [2.05, 4.69) is 15.0 Å². The SMILES string of the molecule is NC(=NO)c1ccnc(N(CCO)C2CCCCC2)c1. The predicted octanol–water partition coefficient (Wildman–Crippen LogP) is 1.31. The second-order valence-electron chi connectivity index (χ2n) is 5.10. The summed E-state index contributed by atoms with van der Waals surface area (Å²) < 4.78 is 0. The van der Waals surface area contributed by atoms with Crippen molar-refractivity contribution >= 4 is 11.7 Å². The van der Waals surface area contributed by atoms with E-state index in [1.807, 2.05) is 0 Å². The third-order valence-electron chi connectivity index (χ3n) is 3.80. The molecule has 1 heterocycles. The minimum atomic E-state index is 0.0706. The fourth-order valence-corrected chi connectivity index (χ4v) is 2.78. The van der Waals surface area contributed by atoms with Crippen molar-refractivity contribution in [2.75, 3.05) is 18.1 Å². The zero-order chi connectivity index (χ0) is 14.4. The third-order valence-corrected chi connectivity index (χ3v) is 3.80. The molecule has 1 aromatic heterocycles. The van der Waals surface area contributed by atoms with Gasteiger partial charge in [0.1, 0.15) is 5.82 Å². The lowest BCUT2D eigenvalue weighted by molar-refractivity contribution is 0.289. The molecule has 0 atom stereocenters. The monoisotopic (exact) mass is 278 g/mol. The Morgan fingerprint density at radius 3 is 2.80 bits per heavy atom.